The lowest BCUT2D eigenvalue weighted by molar-refractivity contribution is 0.174. The molecule has 2 N–H and O–H groups in total. The van der Waals surface area contributed by atoms with Crippen LogP contribution in [0.5, 0.6) is 0 Å². The summed E-state index contributed by atoms with van der Waals surface area (Å²) < 4.78 is 6.77. The van der Waals surface area contributed by atoms with Gasteiger partial charge in [-0.05, 0) is 17.7 Å². The first-order chi connectivity index (χ1) is 10.8. The van der Waals surface area contributed by atoms with Gasteiger partial charge in [-0.1, -0.05) is 42.5 Å². The average molecular weight is 298 g/mol. The molecule has 0 saturated carbocycles. The minimum Gasteiger partial charge on any atom is -0.408 e. The number of rotatable bonds is 6. The van der Waals surface area contributed by atoms with Gasteiger partial charge in [0.05, 0.1) is 11.6 Å². The number of hydrogen-bond donors (Lipinski definition) is 2. The first-order valence-electron chi connectivity index (χ1n) is 7.28. The Morgan fingerprint density at radius 3 is 2.64 bits per heavy atom. The lowest BCUT2D eigenvalue weighted by atomic mass is 10.1. The molecule has 5 nitrogen and oxygen atoms in total. The van der Waals surface area contributed by atoms with E-state index in [1.54, 1.807) is 10.6 Å². The molecule has 0 radical (unpaired) electrons. The summed E-state index contributed by atoms with van der Waals surface area (Å²) in [6, 6.07) is 16.8. The van der Waals surface area contributed by atoms with Gasteiger partial charge in [-0.2, -0.15) is 0 Å². The molecule has 0 amide bonds. The second-order valence-corrected chi connectivity index (χ2v) is 5.12. The summed E-state index contributed by atoms with van der Waals surface area (Å²) >= 11 is 0. The Morgan fingerprint density at radius 2 is 1.82 bits per heavy atom. The molecule has 1 aromatic heterocycles. The predicted octanol–water partition coefficient (Wildman–Crippen LogP) is 1.92. The van der Waals surface area contributed by atoms with E-state index in [2.05, 4.69) is 5.32 Å². The van der Waals surface area contributed by atoms with Gasteiger partial charge in [-0.25, -0.2) is 4.79 Å². The Kier molecular flexibility index (Phi) is 4.37. The Labute approximate surface area is 127 Å². The summed E-state index contributed by atoms with van der Waals surface area (Å²) in [5.41, 5.74) is 2.26. The Bertz CT molecular complexity index is 792. The molecule has 0 aliphatic carbocycles. The van der Waals surface area contributed by atoms with Gasteiger partial charge in [-0.3, -0.25) is 4.57 Å². The fourth-order valence-corrected chi connectivity index (χ4v) is 2.45. The predicted molar refractivity (Wildman–Crippen MR) is 84.7 cm³/mol. The summed E-state index contributed by atoms with van der Waals surface area (Å²) in [6.07, 6.45) is -0.556. The van der Waals surface area contributed by atoms with Crippen molar-refractivity contribution in [1.82, 2.24) is 9.88 Å². The number of aromatic nitrogens is 1. The van der Waals surface area contributed by atoms with Gasteiger partial charge in [0.2, 0.25) is 0 Å². The molecule has 3 aromatic rings. The van der Waals surface area contributed by atoms with Gasteiger partial charge in [0, 0.05) is 19.6 Å². The highest BCUT2D eigenvalue weighted by Gasteiger charge is 2.09. The molecule has 1 heterocycles. The molecule has 114 valence electrons. The SMILES string of the molecule is O=c1oc2ccccc2n1CCNC[C@H](O)c1ccccc1. The van der Waals surface area contributed by atoms with Crippen molar-refractivity contribution < 1.29 is 9.52 Å². The summed E-state index contributed by atoms with van der Waals surface area (Å²) in [5.74, 6) is -0.355. The van der Waals surface area contributed by atoms with Crippen molar-refractivity contribution in [2.24, 2.45) is 0 Å². The maximum Gasteiger partial charge on any atom is 0.419 e. The monoisotopic (exact) mass is 298 g/mol. The van der Waals surface area contributed by atoms with Crippen LogP contribution in [0.25, 0.3) is 11.1 Å². The van der Waals surface area contributed by atoms with E-state index in [9.17, 15) is 9.90 Å². The van der Waals surface area contributed by atoms with Gasteiger partial charge in [0.15, 0.2) is 5.58 Å². The molecule has 0 aliphatic rings. The zero-order valence-corrected chi connectivity index (χ0v) is 12.1. The van der Waals surface area contributed by atoms with Crippen LogP contribution >= 0.6 is 0 Å². The number of aliphatic hydroxyl groups is 1. The van der Waals surface area contributed by atoms with Crippen molar-refractivity contribution in [1.29, 1.82) is 0 Å². The summed E-state index contributed by atoms with van der Waals surface area (Å²) in [6.45, 7) is 1.51. The Morgan fingerprint density at radius 1 is 1.09 bits per heavy atom. The van der Waals surface area contributed by atoms with E-state index in [-0.39, 0.29) is 5.76 Å². The van der Waals surface area contributed by atoms with Crippen LogP contribution in [0.15, 0.2) is 63.8 Å². The number of para-hydroxylation sites is 2. The third kappa shape index (κ3) is 3.10. The first-order valence-corrected chi connectivity index (χ1v) is 7.28. The van der Waals surface area contributed by atoms with E-state index in [1.807, 2.05) is 48.5 Å². The van der Waals surface area contributed by atoms with Gasteiger partial charge in [0.25, 0.3) is 0 Å². The van der Waals surface area contributed by atoms with Gasteiger partial charge >= 0.3 is 5.76 Å². The van der Waals surface area contributed by atoms with Gasteiger partial charge in [0.1, 0.15) is 0 Å². The van der Waals surface area contributed by atoms with Crippen LogP contribution in [0.1, 0.15) is 11.7 Å². The fourth-order valence-electron chi connectivity index (χ4n) is 2.45. The molecule has 1 atom stereocenters. The topological polar surface area (TPSA) is 67.4 Å². The molecule has 3 rings (SSSR count). The minimum atomic E-state index is -0.556. The smallest absolute Gasteiger partial charge is 0.408 e. The second-order valence-electron chi connectivity index (χ2n) is 5.12. The van der Waals surface area contributed by atoms with Crippen LogP contribution in [0, 0.1) is 0 Å². The molecule has 22 heavy (non-hydrogen) atoms. The highest BCUT2D eigenvalue weighted by Crippen LogP contribution is 2.12. The second kappa shape index (κ2) is 6.60. The molecular formula is C17H18N2O3. The highest BCUT2D eigenvalue weighted by molar-refractivity contribution is 5.72. The summed E-state index contributed by atoms with van der Waals surface area (Å²) in [5, 5.41) is 13.2. The summed E-state index contributed by atoms with van der Waals surface area (Å²) in [7, 11) is 0. The third-order valence-corrected chi connectivity index (χ3v) is 3.61. The van der Waals surface area contributed by atoms with E-state index in [4.69, 9.17) is 4.42 Å². The number of nitrogens with zero attached hydrogens (tertiary/aromatic N) is 1. The lowest BCUT2D eigenvalue weighted by Crippen LogP contribution is -2.28. The normalized spacial score (nSPS) is 12.6. The molecular weight excluding hydrogens is 280 g/mol. The van der Waals surface area contributed by atoms with E-state index < -0.39 is 6.10 Å². The third-order valence-electron chi connectivity index (χ3n) is 3.61. The van der Waals surface area contributed by atoms with Crippen molar-refractivity contribution in [3.05, 3.63) is 70.7 Å². The largest absolute Gasteiger partial charge is 0.419 e. The van der Waals surface area contributed by atoms with Gasteiger partial charge in [-0.15, -0.1) is 0 Å². The molecule has 5 heteroatoms. The standard InChI is InChI=1S/C17H18N2O3/c20-15(13-6-2-1-3-7-13)12-18-10-11-19-14-8-4-5-9-16(14)22-17(19)21/h1-9,15,18,20H,10-12H2/t15-/m0/s1. The maximum absolute atomic E-state index is 11.8. The maximum atomic E-state index is 11.8. The zero-order valence-electron chi connectivity index (χ0n) is 12.1. The molecule has 2 aromatic carbocycles. The fraction of sp³-hybridized carbons (Fsp3) is 0.235. The lowest BCUT2D eigenvalue weighted by Gasteiger charge is -2.12. The zero-order chi connectivity index (χ0) is 15.4. The molecule has 0 fully saturated rings. The van der Waals surface area contributed by atoms with E-state index >= 15 is 0 Å². The van der Waals surface area contributed by atoms with Crippen LogP contribution in [0.2, 0.25) is 0 Å². The van der Waals surface area contributed by atoms with Crippen LogP contribution in [0.4, 0.5) is 0 Å². The molecule has 0 saturated heterocycles. The quantitative estimate of drug-likeness (QED) is 0.682. The number of hydrogen-bond acceptors (Lipinski definition) is 4. The number of aliphatic hydroxyl groups excluding tert-OH is 1. The van der Waals surface area contributed by atoms with E-state index in [1.165, 1.54) is 0 Å². The summed E-state index contributed by atoms with van der Waals surface area (Å²) in [4.78, 5) is 11.8. The van der Waals surface area contributed by atoms with Crippen molar-refractivity contribution in [3.63, 3.8) is 0 Å². The van der Waals surface area contributed by atoms with Crippen molar-refractivity contribution >= 4 is 11.1 Å². The van der Waals surface area contributed by atoms with Crippen LogP contribution in [-0.2, 0) is 6.54 Å². The van der Waals surface area contributed by atoms with Crippen molar-refractivity contribution in [2.75, 3.05) is 13.1 Å². The van der Waals surface area contributed by atoms with Gasteiger partial charge < -0.3 is 14.8 Å². The van der Waals surface area contributed by atoms with Crippen LogP contribution in [0.3, 0.4) is 0 Å². The van der Waals surface area contributed by atoms with Crippen LogP contribution < -0.4 is 11.1 Å². The number of oxazole rings is 1. The number of fused-ring (bicyclic) bond motifs is 1. The van der Waals surface area contributed by atoms with Crippen molar-refractivity contribution in [2.45, 2.75) is 12.6 Å². The molecule has 0 aliphatic heterocycles. The van der Waals surface area contributed by atoms with Crippen LogP contribution in [-0.4, -0.2) is 22.8 Å². The van der Waals surface area contributed by atoms with Crippen molar-refractivity contribution in [3.8, 4) is 0 Å². The van der Waals surface area contributed by atoms with E-state index in [0.29, 0.717) is 25.2 Å². The number of benzene rings is 2. The van der Waals surface area contributed by atoms with E-state index in [0.717, 1.165) is 11.1 Å². The molecule has 0 spiro atoms. The number of nitrogens with one attached hydrogen (secondary N) is 1. The highest BCUT2D eigenvalue weighted by atomic mass is 16.4. The molecule has 0 bridgehead atoms. The first kappa shape index (κ1) is 14.6. The minimum absolute atomic E-state index is 0.355. The molecule has 0 unspecified atom stereocenters. The Balaban J connectivity index is 1.57. The average Bonchev–Trinajstić information content (AvgIpc) is 2.88. The Hall–Kier alpha value is -2.37.